The van der Waals surface area contributed by atoms with Gasteiger partial charge >= 0.3 is 0 Å². The van der Waals surface area contributed by atoms with Gasteiger partial charge in [0, 0.05) is 38.4 Å². The maximum absolute atomic E-state index is 11.6. The number of anilines is 1. The maximum atomic E-state index is 11.6. The molecule has 7 heteroatoms. The van der Waals surface area contributed by atoms with E-state index in [0.717, 1.165) is 13.1 Å². The number of nitrogens with zero attached hydrogens (tertiary/aromatic N) is 4. The Labute approximate surface area is 139 Å². The Morgan fingerprint density at radius 1 is 1.38 bits per heavy atom. The molecule has 0 unspecified atom stereocenters. The van der Waals surface area contributed by atoms with E-state index < -0.39 is 5.43 Å². The first-order valence-electron chi connectivity index (χ1n) is 7.73. The minimum Gasteiger partial charge on any atom is -0.502 e. The van der Waals surface area contributed by atoms with Crippen molar-refractivity contribution in [3.8, 4) is 11.8 Å². The highest BCUT2D eigenvalue weighted by atomic mass is 16.4. The second kappa shape index (κ2) is 6.72. The molecule has 124 valence electrons. The van der Waals surface area contributed by atoms with Crippen LogP contribution >= 0.6 is 0 Å². The van der Waals surface area contributed by atoms with Crippen LogP contribution in [0.25, 0.3) is 0 Å². The van der Waals surface area contributed by atoms with Crippen molar-refractivity contribution in [2.45, 2.75) is 13.5 Å². The van der Waals surface area contributed by atoms with E-state index in [4.69, 9.17) is 4.42 Å². The largest absolute Gasteiger partial charge is 0.502 e. The Bertz CT molecular complexity index is 832. The highest BCUT2D eigenvalue weighted by molar-refractivity contribution is 5.53. The summed E-state index contributed by atoms with van der Waals surface area (Å²) in [6.07, 6.45) is 1.68. The van der Waals surface area contributed by atoms with Crippen molar-refractivity contribution in [1.82, 2.24) is 9.88 Å². The Morgan fingerprint density at radius 3 is 2.83 bits per heavy atom. The van der Waals surface area contributed by atoms with E-state index >= 15 is 0 Å². The van der Waals surface area contributed by atoms with Crippen LogP contribution in [0.15, 0.2) is 33.6 Å². The number of hydrogen-bond donors (Lipinski definition) is 1. The molecule has 0 radical (unpaired) electrons. The molecule has 24 heavy (non-hydrogen) atoms. The third-order valence-corrected chi connectivity index (χ3v) is 4.06. The molecule has 0 spiro atoms. The lowest BCUT2D eigenvalue weighted by atomic mass is 10.2. The van der Waals surface area contributed by atoms with Gasteiger partial charge < -0.3 is 14.4 Å². The van der Waals surface area contributed by atoms with E-state index in [1.807, 2.05) is 0 Å². The molecule has 1 saturated heterocycles. The van der Waals surface area contributed by atoms with Crippen molar-refractivity contribution in [3.05, 3.63) is 51.7 Å². The van der Waals surface area contributed by atoms with Gasteiger partial charge in [0.05, 0.1) is 12.1 Å². The van der Waals surface area contributed by atoms with Gasteiger partial charge in [-0.2, -0.15) is 5.26 Å². The fourth-order valence-corrected chi connectivity index (χ4v) is 2.83. The highest BCUT2D eigenvalue weighted by Gasteiger charge is 2.22. The molecule has 0 bridgehead atoms. The lowest BCUT2D eigenvalue weighted by molar-refractivity contribution is 0.219. The average molecular weight is 326 g/mol. The monoisotopic (exact) mass is 326 g/mol. The molecular formula is C17H18N4O3. The van der Waals surface area contributed by atoms with Gasteiger partial charge in [0.15, 0.2) is 5.76 Å². The number of pyridine rings is 1. The van der Waals surface area contributed by atoms with Crippen LogP contribution < -0.4 is 10.3 Å². The summed E-state index contributed by atoms with van der Waals surface area (Å²) in [5, 5.41) is 19.0. The Hall–Kier alpha value is -2.85. The number of hydrogen-bond acceptors (Lipinski definition) is 7. The minimum absolute atomic E-state index is 0.295. The molecule has 1 fully saturated rings. The van der Waals surface area contributed by atoms with Gasteiger partial charge in [-0.1, -0.05) is 0 Å². The van der Waals surface area contributed by atoms with Crippen LogP contribution in [0.1, 0.15) is 17.1 Å². The number of rotatable bonds is 3. The summed E-state index contributed by atoms with van der Waals surface area (Å²) in [6.45, 7) is 4.93. The van der Waals surface area contributed by atoms with E-state index in [1.165, 1.54) is 6.07 Å². The molecule has 0 amide bonds. The van der Waals surface area contributed by atoms with Crippen molar-refractivity contribution >= 4 is 5.82 Å². The highest BCUT2D eigenvalue weighted by Crippen LogP contribution is 2.20. The number of nitriles is 1. The first kappa shape index (κ1) is 16.0. The van der Waals surface area contributed by atoms with Gasteiger partial charge in [-0.3, -0.25) is 9.69 Å². The summed E-state index contributed by atoms with van der Waals surface area (Å²) in [7, 11) is 0. The van der Waals surface area contributed by atoms with Crippen molar-refractivity contribution < 1.29 is 9.52 Å². The zero-order chi connectivity index (χ0) is 17.1. The average Bonchev–Trinajstić information content (AvgIpc) is 2.60. The SMILES string of the molecule is Cc1cc(=O)c(O)c(CN2CCN(c3ncccc3C#N)CC2)o1. The van der Waals surface area contributed by atoms with Crippen LogP contribution in [0.2, 0.25) is 0 Å². The van der Waals surface area contributed by atoms with Gasteiger partial charge in [0.2, 0.25) is 11.2 Å². The van der Waals surface area contributed by atoms with Crippen molar-refractivity contribution in [1.29, 1.82) is 5.26 Å². The summed E-state index contributed by atoms with van der Waals surface area (Å²) in [5.74, 6) is 1.16. The van der Waals surface area contributed by atoms with Crippen LogP contribution in [0, 0.1) is 18.3 Å². The molecule has 3 rings (SSSR count). The second-order valence-corrected chi connectivity index (χ2v) is 5.74. The van der Waals surface area contributed by atoms with Gasteiger partial charge in [0.1, 0.15) is 17.6 Å². The molecular weight excluding hydrogens is 308 g/mol. The Morgan fingerprint density at radius 2 is 2.12 bits per heavy atom. The second-order valence-electron chi connectivity index (χ2n) is 5.74. The van der Waals surface area contributed by atoms with Gasteiger partial charge in [-0.15, -0.1) is 0 Å². The molecule has 0 aliphatic carbocycles. The van der Waals surface area contributed by atoms with Gasteiger partial charge in [0.25, 0.3) is 0 Å². The van der Waals surface area contributed by atoms with Crippen LogP contribution in [0.3, 0.4) is 0 Å². The maximum Gasteiger partial charge on any atom is 0.227 e. The summed E-state index contributed by atoms with van der Waals surface area (Å²) >= 11 is 0. The third-order valence-electron chi connectivity index (χ3n) is 4.06. The molecule has 1 aliphatic rings. The first-order valence-corrected chi connectivity index (χ1v) is 7.73. The standard InChI is InChI=1S/C17H18N4O3/c1-12-9-14(22)16(23)15(24-12)11-20-5-7-21(8-6-20)17-13(10-18)3-2-4-19-17/h2-4,9,23H,5-8,11H2,1H3. The van der Waals surface area contributed by atoms with E-state index in [1.54, 1.807) is 25.3 Å². The molecule has 3 heterocycles. The van der Waals surface area contributed by atoms with Crippen LogP contribution in [-0.2, 0) is 6.54 Å². The first-order chi connectivity index (χ1) is 11.6. The zero-order valence-electron chi connectivity index (χ0n) is 13.4. The van der Waals surface area contributed by atoms with E-state index in [9.17, 15) is 15.2 Å². The normalized spacial score (nSPS) is 15.2. The lowest BCUT2D eigenvalue weighted by Crippen LogP contribution is -2.46. The summed E-state index contributed by atoms with van der Waals surface area (Å²) < 4.78 is 5.48. The fraction of sp³-hybridized carbons (Fsp3) is 0.353. The van der Waals surface area contributed by atoms with Crippen molar-refractivity contribution in [2.75, 3.05) is 31.1 Å². The number of aromatic nitrogens is 1. The van der Waals surface area contributed by atoms with Gasteiger partial charge in [-0.05, 0) is 19.1 Å². The predicted octanol–water partition coefficient (Wildman–Crippen LogP) is 1.24. The third kappa shape index (κ3) is 3.24. The topological polar surface area (TPSA) is 93.6 Å². The van der Waals surface area contributed by atoms with Crippen LogP contribution in [0.4, 0.5) is 5.82 Å². The quantitative estimate of drug-likeness (QED) is 0.907. The molecule has 1 N–H and O–H groups in total. The fourth-order valence-electron chi connectivity index (χ4n) is 2.83. The van der Waals surface area contributed by atoms with Crippen LogP contribution in [0.5, 0.6) is 5.75 Å². The van der Waals surface area contributed by atoms with Crippen LogP contribution in [-0.4, -0.2) is 41.2 Å². The summed E-state index contributed by atoms with van der Waals surface area (Å²) in [4.78, 5) is 20.1. The van der Waals surface area contributed by atoms with Gasteiger partial charge in [-0.25, -0.2) is 4.98 Å². The Kier molecular flexibility index (Phi) is 4.49. The van der Waals surface area contributed by atoms with E-state index in [2.05, 4.69) is 20.9 Å². The summed E-state index contributed by atoms with van der Waals surface area (Å²) in [6, 6.07) is 6.95. The molecule has 2 aromatic heterocycles. The summed E-state index contributed by atoms with van der Waals surface area (Å²) in [5.41, 5.74) is 0.146. The molecule has 0 saturated carbocycles. The molecule has 7 nitrogen and oxygen atoms in total. The van der Waals surface area contributed by atoms with E-state index in [-0.39, 0.29) is 5.75 Å². The van der Waals surface area contributed by atoms with Crippen molar-refractivity contribution in [3.63, 3.8) is 0 Å². The smallest absolute Gasteiger partial charge is 0.227 e. The molecule has 2 aromatic rings. The number of aryl methyl sites for hydroxylation is 1. The lowest BCUT2D eigenvalue weighted by Gasteiger charge is -2.35. The molecule has 0 aromatic carbocycles. The number of aromatic hydroxyl groups is 1. The molecule has 1 aliphatic heterocycles. The van der Waals surface area contributed by atoms with Crippen molar-refractivity contribution in [2.24, 2.45) is 0 Å². The zero-order valence-corrected chi connectivity index (χ0v) is 13.4. The number of piperazine rings is 1. The minimum atomic E-state index is -0.417. The molecule has 0 atom stereocenters. The van der Waals surface area contributed by atoms with E-state index in [0.29, 0.717) is 42.5 Å². The predicted molar refractivity (Wildman–Crippen MR) is 87.8 cm³/mol. The Balaban J connectivity index is 1.68.